The van der Waals surface area contributed by atoms with E-state index in [1.165, 1.54) is 24.3 Å². The Morgan fingerprint density at radius 2 is 2.21 bits per heavy atom. The maximum Gasteiger partial charge on any atom is 0.261 e. The van der Waals surface area contributed by atoms with Crippen LogP contribution in [0.4, 0.5) is 4.39 Å². The summed E-state index contributed by atoms with van der Waals surface area (Å²) in [6, 6.07) is 5.44. The predicted octanol–water partition coefficient (Wildman–Crippen LogP) is 0.422. The summed E-state index contributed by atoms with van der Waals surface area (Å²) in [5.74, 6) is 0.113. The molecule has 0 aliphatic carbocycles. The van der Waals surface area contributed by atoms with Crippen LogP contribution in [0, 0.1) is 5.82 Å². The maximum absolute atomic E-state index is 12.7. The van der Waals surface area contributed by atoms with Crippen LogP contribution in [0.25, 0.3) is 0 Å². The Bertz CT molecular complexity index is 529. The van der Waals surface area contributed by atoms with Crippen molar-refractivity contribution < 1.29 is 13.9 Å². The van der Waals surface area contributed by atoms with Gasteiger partial charge in [0.1, 0.15) is 11.6 Å². The molecule has 7 nitrogen and oxygen atoms in total. The molecule has 1 aromatic carbocycles. The average molecular weight is 265 g/mol. The number of carbonyl (C=O) groups is 1. The lowest BCUT2D eigenvalue weighted by atomic mass is 10.3. The van der Waals surface area contributed by atoms with E-state index in [1.807, 2.05) is 0 Å². The van der Waals surface area contributed by atoms with E-state index in [1.54, 1.807) is 6.92 Å². The fourth-order valence-electron chi connectivity index (χ4n) is 1.34. The molecule has 0 aliphatic heterocycles. The normalized spacial score (nSPS) is 11.9. The van der Waals surface area contributed by atoms with E-state index in [9.17, 15) is 9.18 Å². The topological polar surface area (TPSA) is 92.8 Å². The standard InChI is InChI=1S/C11H12FN5O2/c1-7(19-9-4-2-8(12)3-5-9)11(18)13-6-10-14-16-17-15-10/h2-5,7H,6H2,1H3,(H,13,18)(H,14,15,16,17). The number of H-pyrrole nitrogens is 1. The van der Waals surface area contributed by atoms with Gasteiger partial charge in [0.15, 0.2) is 11.9 Å². The molecule has 2 N–H and O–H groups in total. The Hall–Kier alpha value is -2.51. The number of hydrogen-bond acceptors (Lipinski definition) is 5. The van der Waals surface area contributed by atoms with E-state index >= 15 is 0 Å². The smallest absolute Gasteiger partial charge is 0.261 e. The number of hydrogen-bond donors (Lipinski definition) is 2. The summed E-state index contributed by atoms with van der Waals surface area (Å²) in [5.41, 5.74) is 0. The number of nitrogens with one attached hydrogen (secondary N) is 2. The SMILES string of the molecule is CC(Oc1ccc(F)cc1)C(=O)NCc1nn[nH]n1. The minimum Gasteiger partial charge on any atom is -0.481 e. The van der Waals surface area contributed by atoms with Crippen LogP contribution in [0.5, 0.6) is 5.75 Å². The van der Waals surface area contributed by atoms with Crippen molar-refractivity contribution >= 4 is 5.91 Å². The van der Waals surface area contributed by atoms with Crippen molar-refractivity contribution in [2.75, 3.05) is 0 Å². The first-order chi connectivity index (χ1) is 9.15. The van der Waals surface area contributed by atoms with Crippen molar-refractivity contribution in [2.45, 2.75) is 19.6 Å². The molecule has 8 heteroatoms. The van der Waals surface area contributed by atoms with Gasteiger partial charge in [0.2, 0.25) is 0 Å². The molecule has 0 fully saturated rings. The minimum absolute atomic E-state index is 0.159. The first-order valence-electron chi connectivity index (χ1n) is 5.57. The summed E-state index contributed by atoms with van der Waals surface area (Å²) in [7, 11) is 0. The minimum atomic E-state index is -0.711. The van der Waals surface area contributed by atoms with Crippen molar-refractivity contribution in [2.24, 2.45) is 0 Å². The molecule has 1 heterocycles. The molecule has 0 radical (unpaired) electrons. The number of amides is 1. The molecule has 2 aromatic rings. The summed E-state index contributed by atoms with van der Waals surface area (Å²) in [6.07, 6.45) is -0.711. The van der Waals surface area contributed by atoms with Gasteiger partial charge in [-0.2, -0.15) is 5.21 Å². The van der Waals surface area contributed by atoms with E-state index in [0.29, 0.717) is 11.6 Å². The third-order valence-electron chi connectivity index (χ3n) is 2.31. The lowest BCUT2D eigenvalue weighted by molar-refractivity contribution is -0.127. The molecule has 100 valence electrons. The Balaban J connectivity index is 1.83. The molecule has 19 heavy (non-hydrogen) atoms. The number of carbonyl (C=O) groups excluding carboxylic acids is 1. The second-order valence-corrected chi connectivity index (χ2v) is 3.76. The molecule has 0 aliphatic rings. The Morgan fingerprint density at radius 3 is 2.84 bits per heavy atom. The van der Waals surface area contributed by atoms with Crippen LogP contribution in [-0.4, -0.2) is 32.6 Å². The fourth-order valence-corrected chi connectivity index (χ4v) is 1.34. The quantitative estimate of drug-likeness (QED) is 0.817. The van der Waals surface area contributed by atoms with Crippen molar-refractivity contribution in [3.05, 3.63) is 35.9 Å². The molecule has 0 saturated carbocycles. The number of aromatic nitrogens is 4. The zero-order chi connectivity index (χ0) is 13.7. The monoisotopic (exact) mass is 265 g/mol. The number of rotatable bonds is 5. The Labute approximate surface area is 108 Å². The molecule has 1 amide bonds. The molecule has 1 atom stereocenters. The van der Waals surface area contributed by atoms with Crippen LogP contribution < -0.4 is 10.1 Å². The predicted molar refractivity (Wildman–Crippen MR) is 62.5 cm³/mol. The largest absolute Gasteiger partial charge is 0.481 e. The van der Waals surface area contributed by atoms with Crippen LogP contribution in [0.2, 0.25) is 0 Å². The maximum atomic E-state index is 12.7. The molecule has 0 spiro atoms. The number of aromatic amines is 1. The molecule has 2 rings (SSSR count). The van der Waals surface area contributed by atoms with Crippen molar-refractivity contribution in [1.82, 2.24) is 25.9 Å². The Morgan fingerprint density at radius 1 is 1.47 bits per heavy atom. The summed E-state index contributed by atoms with van der Waals surface area (Å²) < 4.78 is 18.1. The van der Waals surface area contributed by atoms with Gasteiger partial charge in [-0.3, -0.25) is 4.79 Å². The van der Waals surface area contributed by atoms with Gasteiger partial charge >= 0.3 is 0 Å². The molecule has 1 aromatic heterocycles. The van der Waals surface area contributed by atoms with Crippen LogP contribution >= 0.6 is 0 Å². The van der Waals surface area contributed by atoms with Crippen molar-refractivity contribution in [3.8, 4) is 5.75 Å². The first kappa shape index (κ1) is 12.9. The van der Waals surface area contributed by atoms with E-state index in [-0.39, 0.29) is 18.3 Å². The van der Waals surface area contributed by atoms with Gasteiger partial charge in [0.05, 0.1) is 6.54 Å². The van der Waals surface area contributed by atoms with Gasteiger partial charge in [0, 0.05) is 0 Å². The second kappa shape index (κ2) is 5.89. The number of nitrogens with zero attached hydrogens (tertiary/aromatic N) is 3. The van der Waals surface area contributed by atoms with Gasteiger partial charge in [-0.05, 0) is 31.2 Å². The van der Waals surface area contributed by atoms with Crippen LogP contribution in [0.1, 0.15) is 12.7 Å². The van der Waals surface area contributed by atoms with Gasteiger partial charge in [-0.25, -0.2) is 4.39 Å². The van der Waals surface area contributed by atoms with Crippen LogP contribution in [-0.2, 0) is 11.3 Å². The summed E-state index contributed by atoms with van der Waals surface area (Å²) >= 11 is 0. The van der Waals surface area contributed by atoms with Gasteiger partial charge in [-0.15, -0.1) is 10.2 Å². The fraction of sp³-hybridized carbons (Fsp3) is 0.273. The highest BCUT2D eigenvalue weighted by Gasteiger charge is 2.14. The van der Waals surface area contributed by atoms with Gasteiger partial charge in [-0.1, -0.05) is 5.21 Å². The molecule has 0 saturated heterocycles. The zero-order valence-corrected chi connectivity index (χ0v) is 10.1. The summed E-state index contributed by atoms with van der Waals surface area (Å²) in [5, 5.41) is 15.6. The average Bonchev–Trinajstić information content (AvgIpc) is 2.91. The summed E-state index contributed by atoms with van der Waals surface area (Å²) in [6.45, 7) is 1.75. The van der Waals surface area contributed by atoms with E-state index in [0.717, 1.165) is 0 Å². The number of tetrazole rings is 1. The molecule has 0 bridgehead atoms. The van der Waals surface area contributed by atoms with Crippen LogP contribution in [0.3, 0.4) is 0 Å². The summed E-state index contributed by atoms with van der Waals surface area (Å²) in [4.78, 5) is 11.7. The first-order valence-corrected chi connectivity index (χ1v) is 5.57. The van der Waals surface area contributed by atoms with Crippen molar-refractivity contribution in [3.63, 3.8) is 0 Å². The molecular formula is C11H12FN5O2. The Kier molecular flexibility index (Phi) is 4.01. The van der Waals surface area contributed by atoms with Crippen LogP contribution in [0.15, 0.2) is 24.3 Å². The number of ether oxygens (including phenoxy) is 1. The van der Waals surface area contributed by atoms with Gasteiger partial charge in [0.25, 0.3) is 5.91 Å². The van der Waals surface area contributed by atoms with E-state index < -0.39 is 6.10 Å². The third-order valence-corrected chi connectivity index (χ3v) is 2.31. The second-order valence-electron chi connectivity index (χ2n) is 3.76. The van der Waals surface area contributed by atoms with Crippen molar-refractivity contribution in [1.29, 1.82) is 0 Å². The lowest BCUT2D eigenvalue weighted by Gasteiger charge is -2.13. The highest BCUT2D eigenvalue weighted by molar-refractivity contribution is 5.80. The van der Waals surface area contributed by atoms with E-state index in [2.05, 4.69) is 25.9 Å². The number of benzene rings is 1. The number of halogens is 1. The van der Waals surface area contributed by atoms with Gasteiger partial charge < -0.3 is 10.1 Å². The molecular weight excluding hydrogens is 253 g/mol. The lowest BCUT2D eigenvalue weighted by Crippen LogP contribution is -2.36. The highest BCUT2D eigenvalue weighted by atomic mass is 19.1. The molecule has 1 unspecified atom stereocenters. The highest BCUT2D eigenvalue weighted by Crippen LogP contribution is 2.12. The zero-order valence-electron chi connectivity index (χ0n) is 10.1. The third kappa shape index (κ3) is 3.73. The van der Waals surface area contributed by atoms with E-state index in [4.69, 9.17) is 4.74 Å².